The van der Waals surface area contributed by atoms with Crippen molar-refractivity contribution in [2.75, 3.05) is 5.32 Å². The second-order valence-corrected chi connectivity index (χ2v) is 6.34. The normalized spacial score (nSPS) is 16.9. The lowest BCUT2D eigenvalue weighted by molar-refractivity contribution is -0.142. The number of anilines is 1. The average molecular weight is 352 g/mol. The summed E-state index contributed by atoms with van der Waals surface area (Å²) in [5, 5.41) is 14.8. The van der Waals surface area contributed by atoms with Gasteiger partial charge in [0, 0.05) is 18.0 Å². The van der Waals surface area contributed by atoms with E-state index >= 15 is 0 Å². The van der Waals surface area contributed by atoms with Crippen molar-refractivity contribution in [1.82, 2.24) is 5.32 Å². The van der Waals surface area contributed by atoms with Gasteiger partial charge in [0.05, 0.1) is 0 Å². The molecule has 26 heavy (non-hydrogen) atoms. The highest BCUT2D eigenvalue weighted by Gasteiger charge is 2.27. The molecule has 0 spiro atoms. The summed E-state index contributed by atoms with van der Waals surface area (Å²) in [5.41, 5.74) is 2.37. The van der Waals surface area contributed by atoms with E-state index in [1.807, 2.05) is 24.3 Å². The third-order valence-electron chi connectivity index (χ3n) is 4.52. The Kier molecular flexibility index (Phi) is 5.31. The van der Waals surface area contributed by atoms with Crippen LogP contribution < -0.4 is 10.6 Å². The molecule has 3 rings (SSSR count). The summed E-state index contributed by atoms with van der Waals surface area (Å²) in [4.78, 5) is 35.9. The lowest BCUT2D eigenvalue weighted by Crippen LogP contribution is -2.35. The lowest BCUT2D eigenvalue weighted by Gasteiger charge is -2.24. The maximum Gasteiger partial charge on any atom is 0.330 e. The minimum atomic E-state index is -1.12. The standard InChI is InChI=1S/C20H20N2O4/c23-17(22-18(20(25)26)13-6-2-1-3-7-13)11-10-15-12-14-8-4-5-9-16(14)21-19(15)24/h1-9,15,18H,10-12H2,(H,21,24)(H,22,23)(H,25,26). The molecular weight excluding hydrogens is 332 g/mol. The highest BCUT2D eigenvalue weighted by molar-refractivity contribution is 5.96. The van der Waals surface area contributed by atoms with Crippen LogP contribution in [0.3, 0.4) is 0 Å². The molecule has 2 aromatic carbocycles. The molecule has 2 aromatic rings. The first-order chi connectivity index (χ1) is 12.5. The van der Waals surface area contributed by atoms with Crippen molar-refractivity contribution in [2.24, 2.45) is 5.92 Å². The van der Waals surface area contributed by atoms with E-state index in [0.29, 0.717) is 18.4 Å². The number of carbonyl (C=O) groups is 3. The van der Waals surface area contributed by atoms with E-state index in [4.69, 9.17) is 0 Å². The number of benzene rings is 2. The molecule has 1 aliphatic heterocycles. The van der Waals surface area contributed by atoms with E-state index in [2.05, 4.69) is 10.6 Å². The fourth-order valence-electron chi connectivity index (χ4n) is 3.12. The number of fused-ring (bicyclic) bond motifs is 1. The summed E-state index contributed by atoms with van der Waals surface area (Å²) in [7, 11) is 0. The molecule has 6 heteroatoms. The summed E-state index contributed by atoms with van der Waals surface area (Å²) in [6, 6.07) is 15.0. The maximum absolute atomic E-state index is 12.2. The Hall–Kier alpha value is -3.15. The first-order valence-electron chi connectivity index (χ1n) is 8.50. The third kappa shape index (κ3) is 4.08. The molecule has 0 bridgehead atoms. The number of nitrogens with one attached hydrogen (secondary N) is 2. The molecule has 0 aromatic heterocycles. The number of carboxylic acid groups (broad SMARTS) is 1. The molecule has 0 aliphatic carbocycles. The van der Waals surface area contributed by atoms with Gasteiger partial charge in [-0.05, 0) is 30.0 Å². The second kappa shape index (κ2) is 7.82. The summed E-state index contributed by atoms with van der Waals surface area (Å²) in [5.74, 6) is -1.90. The van der Waals surface area contributed by atoms with Gasteiger partial charge >= 0.3 is 5.97 Å². The van der Waals surface area contributed by atoms with Crippen LogP contribution in [0.1, 0.15) is 30.0 Å². The zero-order chi connectivity index (χ0) is 18.5. The molecule has 3 N–H and O–H groups in total. The fraction of sp³-hybridized carbons (Fsp3) is 0.250. The van der Waals surface area contributed by atoms with E-state index in [9.17, 15) is 19.5 Å². The molecule has 2 atom stereocenters. The van der Waals surface area contributed by atoms with Gasteiger partial charge in [0.25, 0.3) is 0 Å². The summed E-state index contributed by atoms with van der Waals surface area (Å²) >= 11 is 0. The number of carboxylic acids is 1. The predicted molar refractivity (Wildman–Crippen MR) is 96.5 cm³/mol. The third-order valence-corrected chi connectivity index (χ3v) is 4.52. The molecule has 0 fully saturated rings. The highest BCUT2D eigenvalue weighted by Crippen LogP contribution is 2.27. The van der Waals surface area contributed by atoms with Crippen LogP contribution in [0.15, 0.2) is 54.6 Å². The van der Waals surface area contributed by atoms with Crippen molar-refractivity contribution in [1.29, 1.82) is 0 Å². The molecule has 6 nitrogen and oxygen atoms in total. The molecule has 0 saturated carbocycles. The Morgan fingerprint density at radius 3 is 2.54 bits per heavy atom. The van der Waals surface area contributed by atoms with Crippen LogP contribution in [0.25, 0.3) is 0 Å². The van der Waals surface area contributed by atoms with Gasteiger partial charge in [-0.2, -0.15) is 0 Å². The van der Waals surface area contributed by atoms with Gasteiger partial charge in [0.15, 0.2) is 6.04 Å². The van der Waals surface area contributed by atoms with E-state index in [1.165, 1.54) is 0 Å². The van der Waals surface area contributed by atoms with E-state index in [-0.39, 0.29) is 24.2 Å². The number of aliphatic carboxylic acids is 1. The smallest absolute Gasteiger partial charge is 0.330 e. The van der Waals surface area contributed by atoms with Crippen molar-refractivity contribution >= 4 is 23.5 Å². The van der Waals surface area contributed by atoms with Gasteiger partial charge in [0.1, 0.15) is 0 Å². The molecule has 2 unspecified atom stereocenters. The SMILES string of the molecule is O=C(CCC1Cc2ccccc2NC1=O)NC(C(=O)O)c1ccccc1. The zero-order valence-electron chi connectivity index (χ0n) is 14.1. The highest BCUT2D eigenvalue weighted by atomic mass is 16.4. The average Bonchev–Trinajstić information content (AvgIpc) is 2.65. The van der Waals surface area contributed by atoms with Gasteiger partial charge in [0.2, 0.25) is 11.8 Å². The van der Waals surface area contributed by atoms with Crippen molar-refractivity contribution in [2.45, 2.75) is 25.3 Å². The lowest BCUT2D eigenvalue weighted by atomic mass is 9.89. The Balaban J connectivity index is 1.58. The summed E-state index contributed by atoms with van der Waals surface area (Å²) < 4.78 is 0. The predicted octanol–water partition coefficient (Wildman–Crippen LogP) is 2.52. The second-order valence-electron chi connectivity index (χ2n) is 6.34. The number of hydrogen-bond acceptors (Lipinski definition) is 3. The molecular formula is C20H20N2O4. The minimum absolute atomic E-state index is 0.0941. The monoisotopic (exact) mass is 352 g/mol. The van der Waals surface area contributed by atoms with Crippen molar-refractivity contribution < 1.29 is 19.5 Å². The molecule has 0 radical (unpaired) electrons. The number of hydrogen-bond donors (Lipinski definition) is 3. The van der Waals surface area contributed by atoms with Crippen LogP contribution in [-0.2, 0) is 20.8 Å². The summed E-state index contributed by atoms with van der Waals surface area (Å²) in [6.07, 6.45) is 1.04. The minimum Gasteiger partial charge on any atom is -0.479 e. The van der Waals surface area contributed by atoms with Crippen LogP contribution >= 0.6 is 0 Å². The number of carbonyl (C=O) groups excluding carboxylic acids is 2. The first-order valence-corrected chi connectivity index (χ1v) is 8.50. The number of rotatable bonds is 6. The largest absolute Gasteiger partial charge is 0.479 e. The van der Waals surface area contributed by atoms with Crippen LogP contribution in [0.5, 0.6) is 0 Å². The van der Waals surface area contributed by atoms with Gasteiger partial charge < -0.3 is 15.7 Å². The van der Waals surface area contributed by atoms with E-state index < -0.39 is 12.0 Å². The van der Waals surface area contributed by atoms with Crippen LogP contribution in [0.4, 0.5) is 5.69 Å². The van der Waals surface area contributed by atoms with Crippen molar-refractivity contribution in [3.05, 3.63) is 65.7 Å². The Morgan fingerprint density at radius 2 is 1.81 bits per heavy atom. The van der Waals surface area contributed by atoms with Crippen molar-refractivity contribution in [3.8, 4) is 0 Å². The van der Waals surface area contributed by atoms with Gasteiger partial charge in [-0.1, -0.05) is 48.5 Å². The van der Waals surface area contributed by atoms with Crippen LogP contribution in [0, 0.1) is 5.92 Å². The van der Waals surface area contributed by atoms with Gasteiger partial charge in [-0.15, -0.1) is 0 Å². The number of amides is 2. The fourth-order valence-corrected chi connectivity index (χ4v) is 3.12. The van der Waals surface area contributed by atoms with Crippen molar-refractivity contribution in [3.63, 3.8) is 0 Å². The topological polar surface area (TPSA) is 95.5 Å². The molecule has 134 valence electrons. The van der Waals surface area contributed by atoms with E-state index in [1.54, 1.807) is 30.3 Å². The summed E-state index contributed by atoms with van der Waals surface area (Å²) in [6.45, 7) is 0. The Labute approximate surface area is 151 Å². The van der Waals surface area contributed by atoms with Crippen LogP contribution in [0.2, 0.25) is 0 Å². The maximum atomic E-state index is 12.2. The molecule has 0 saturated heterocycles. The number of para-hydroxylation sites is 1. The first kappa shape index (κ1) is 17.7. The molecule has 1 heterocycles. The zero-order valence-corrected chi connectivity index (χ0v) is 14.1. The Bertz CT molecular complexity index is 820. The van der Waals surface area contributed by atoms with E-state index in [0.717, 1.165) is 11.3 Å². The molecule has 1 aliphatic rings. The van der Waals surface area contributed by atoms with Gasteiger partial charge in [-0.3, -0.25) is 9.59 Å². The Morgan fingerprint density at radius 1 is 1.12 bits per heavy atom. The van der Waals surface area contributed by atoms with Gasteiger partial charge in [-0.25, -0.2) is 4.79 Å². The van der Waals surface area contributed by atoms with Crippen LogP contribution in [-0.4, -0.2) is 22.9 Å². The quantitative estimate of drug-likeness (QED) is 0.744. The molecule has 2 amide bonds.